The van der Waals surface area contributed by atoms with Crippen molar-refractivity contribution in [2.24, 2.45) is 0 Å². The molecule has 0 aliphatic heterocycles. The minimum Gasteiger partial charge on any atom is -0.356 e. The van der Waals surface area contributed by atoms with E-state index in [1.165, 1.54) is 6.92 Å². The van der Waals surface area contributed by atoms with Crippen LogP contribution in [0.4, 0.5) is 0 Å². The Morgan fingerprint density at radius 1 is 1.43 bits per heavy atom. The Labute approximate surface area is 100 Å². The Balaban J connectivity index is 3.42. The number of amides is 1. The van der Waals surface area contributed by atoms with Crippen LogP contribution in [0.15, 0.2) is 0 Å². The Morgan fingerprint density at radius 2 is 2.07 bits per heavy atom. The third-order valence-corrected chi connectivity index (χ3v) is 2.92. The summed E-state index contributed by atoms with van der Waals surface area (Å²) in [6.45, 7) is 2.19. The Bertz CT molecular complexity index is 202. The highest BCUT2D eigenvalue weighted by Crippen LogP contribution is 2.06. The number of hydrogen-bond acceptors (Lipinski definition) is 3. The van der Waals surface area contributed by atoms with Gasteiger partial charge in [-0.2, -0.15) is 0 Å². The Morgan fingerprint density at radius 3 is 2.50 bits per heavy atom. The smallest absolute Gasteiger partial charge is 0.216 e. The van der Waals surface area contributed by atoms with Gasteiger partial charge in [-0.15, -0.1) is 0 Å². The van der Waals surface area contributed by atoms with Crippen molar-refractivity contribution >= 4 is 41.7 Å². The molecule has 1 unspecified atom stereocenters. The largest absolute Gasteiger partial charge is 0.356 e. The van der Waals surface area contributed by atoms with Crippen LogP contribution in [-0.2, 0) is 9.59 Å². The molecule has 0 aromatic heterocycles. The van der Waals surface area contributed by atoms with Crippen molar-refractivity contribution in [3.8, 4) is 0 Å². The van der Waals surface area contributed by atoms with Gasteiger partial charge in [0.25, 0.3) is 0 Å². The molecule has 14 heavy (non-hydrogen) atoms. The van der Waals surface area contributed by atoms with E-state index in [4.69, 9.17) is 0 Å². The standard InChI is InChI=1S/C8H16IN2O2P/c1-6(12)10-5-3-2-4-7(11-14)8(9)13/h7,11H,2-5,14H2,1H3,(H,10,12)/t7-/m0/s1. The van der Waals surface area contributed by atoms with Crippen molar-refractivity contribution in [1.29, 1.82) is 0 Å². The van der Waals surface area contributed by atoms with Gasteiger partial charge in [0, 0.05) is 36.1 Å². The summed E-state index contributed by atoms with van der Waals surface area (Å²) in [5, 5.41) is 5.59. The monoisotopic (exact) mass is 330 g/mol. The second-order valence-corrected chi connectivity index (χ2v) is 4.40. The van der Waals surface area contributed by atoms with E-state index >= 15 is 0 Å². The van der Waals surface area contributed by atoms with Crippen molar-refractivity contribution in [2.45, 2.75) is 32.2 Å². The van der Waals surface area contributed by atoms with Crippen LogP contribution < -0.4 is 10.4 Å². The molecule has 0 aliphatic rings. The molecule has 0 radical (unpaired) electrons. The van der Waals surface area contributed by atoms with Crippen LogP contribution in [0.5, 0.6) is 0 Å². The highest BCUT2D eigenvalue weighted by Gasteiger charge is 2.11. The maximum atomic E-state index is 11.0. The first kappa shape index (κ1) is 14.3. The van der Waals surface area contributed by atoms with Gasteiger partial charge in [-0.1, -0.05) is 9.39 Å². The first-order valence-corrected chi connectivity index (χ1v) is 6.13. The van der Waals surface area contributed by atoms with Crippen LogP contribution in [0.1, 0.15) is 26.2 Å². The van der Waals surface area contributed by atoms with Gasteiger partial charge in [0.05, 0.1) is 6.04 Å². The normalized spacial score (nSPS) is 12.2. The molecule has 1 amide bonds. The summed E-state index contributed by atoms with van der Waals surface area (Å²) in [7, 11) is 2.35. The van der Waals surface area contributed by atoms with Gasteiger partial charge in [-0.25, -0.2) is 0 Å². The summed E-state index contributed by atoms with van der Waals surface area (Å²) >= 11 is 1.79. The zero-order valence-corrected chi connectivity index (χ0v) is 11.5. The predicted molar refractivity (Wildman–Crippen MR) is 68.2 cm³/mol. The molecule has 2 atom stereocenters. The molecular formula is C8H16IN2O2P. The summed E-state index contributed by atoms with van der Waals surface area (Å²) in [4.78, 5) is 21.5. The average Bonchev–Trinajstić information content (AvgIpc) is 2.10. The van der Waals surface area contributed by atoms with Crippen molar-refractivity contribution in [3.05, 3.63) is 0 Å². The van der Waals surface area contributed by atoms with E-state index in [0.717, 1.165) is 19.3 Å². The first-order chi connectivity index (χ1) is 6.57. The summed E-state index contributed by atoms with van der Waals surface area (Å²) in [6.07, 6.45) is 2.65. The van der Waals surface area contributed by atoms with Crippen LogP contribution >= 0.6 is 32.0 Å². The zero-order chi connectivity index (χ0) is 11.0. The number of unbranched alkanes of at least 4 members (excludes halogenated alkanes) is 1. The van der Waals surface area contributed by atoms with E-state index in [1.54, 1.807) is 22.6 Å². The third-order valence-electron chi connectivity index (χ3n) is 1.77. The predicted octanol–water partition coefficient (Wildman–Crippen LogP) is 1.00. The lowest BCUT2D eigenvalue weighted by atomic mass is 10.1. The SMILES string of the molecule is CC(=O)NCCCC[C@H](NP)C(=O)I. The summed E-state index contributed by atoms with van der Waals surface area (Å²) < 4.78 is 0.122. The molecule has 6 heteroatoms. The molecular weight excluding hydrogens is 314 g/mol. The van der Waals surface area contributed by atoms with Crippen LogP contribution in [0.3, 0.4) is 0 Å². The number of hydrogen-bond donors (Lipinski definition) is 2. The minimum atomic E-state index is -0.0853. The molecule has 0 saturated carbocycles. The topological polar surface area (TPSA) is 58.2 Å². The Hall–Kier alpha value is 0.260. The van der Waals surface area contributed by atoms with Crippen LogP contribution in [0.2, 0.25) is 0 Å². The summed E-state index contributed by atoms with van der Waals surface area (Å²) in [5.74, 6) is -0.00399. The average molecular weight is 330 g/mol. The van der Waals surface area contributed by atoms with E-state index in [0.29, 0.717) is 6.54 Å². The van der Waals surface area contributed by atoms with Gasteiger partial charge in [0.15, 0.2) is 0 Å². The second kappa shape index (κ2) is 8.56. The molecule has 0 rings (SSSR count). The molecule has 82 valence electrons. The highest BCUT2D eigenvalue weighted by atomic mass is 127. The number of rotatable bonds is 7. The van der Waals surface area contributed by atoms with Crippen molar-refractivity contribution in [2.75, 3.05) is 6.54 Å². The Kier molecular flexibility index (Phi) is 8.72. The van der Waals surface area contributed by atoms with E-state index in [9.17, 15) is 9.59 Å². The number of halogens is 1. The van der Waals surface area contributed by atoms with E-state index in [-0.39, 0.29) is 15.7 Å². The van der Waals surface area contributed by atoms with Crippen LogP contribution in [0.25, 0.3) is 0 Å². The van der Waals surface area contributed by atoms with Crippen molar-refractivity contribution in [1.82, 2.24) is 10.4 Å². The van der Waals surface area contributed by atoms with Crippen LogP contribution in [0, 0.1) is 0 Å². The minimum absolute atomic E-state index is 0.00399. The van der Waals surface area contributed by atoms with Crippen LogP contribution in [-0.4, -0.2) is 22.3 Å². The molecule has 4 nitrogen and oxygen atoms in total. The lowest BCUT2D eigenvalue weighted by Crippen LogP contribution is -2.27. The van der Waals surface area contributed by atoms with E-state index in [1.807, 2.05) is 0 Å². The third kappa shape index (κ3) is 7.64. The van der Waals surface area contributed by atoms with Gasteiger partial charge in [-0.3, -0.25) is 14.7 Å². The fourth-order valence-corrected chi connectivity index (χ4v) is 2.15. The fraction of sp³-hybridized carbons (Fsp3) is 0.750. The molecule has 0 heterocycles. The quantitative estimate of drug-likeness (QED) is 0.317. The van der Waals surface area contributed by atoms with Gasteiger partial charge in [-0.05, 0) is 19.3 Å². The van der Waals surface area contributed by atoms with Gasteiger partial charge in [0.2, 0.25) is 9.70 Å². The van der Waals surface area contributed by atoms with Gasteiger partial charge >= 0.3 is 0 Å². The molecule has 0 saturated heterocycles. The molecule has 0 fully saturated rings. The second-order valence-electron chi connectivity index (χ2n) is 3.00. The van der Waals surface area contributed by atoms with Gasteiger partial charge < -0.3 is 5.32 Å². The van der Waals surface area contributed by atoms with Gasteiger partial charge in [0.1, 0.15) is 0 Å². The molecule has 0 aromatic rings. The number of carbonyl (C=O) groups excluding carboxylic acids is 2. The maximum Gasteiger partial charge on any atom is 0.216 e. The lowest BCUT2D eigenvalue weighted by Gasteiger charge is -2.10. The zero-order valence-electron chi connectivity index (χ0n) is 8.18. The molecule has 0 aromatic carbocycles. The van der Waals surface area contributed by atoms with E-state index in [2.05, 4.69) is 19.8 Å². The van der Waals surface area contributed by atoms with Crippen molar-refractivity contribution in [3.63, 3.8) is 0 Å². The molecule has 2 N–H and O–H groups in total. The maximum absolute atomic E-state index is 11.0. The number of carbonyl (C=O) groups is 2. The first-order valence-electron chi connectivity index (χ1n) is 4.48. The summed E-state index contributed by atoms with van der Waals surface area (Å²) in [5.41, 5.74) is 0. The highest BCUT2D eigenvalue weighted by molar-refractivity contribution is 14.1. The number of nitrogens with one attached hydrogen (secondary N) is 2. The molecule has 0 bridgehead atoms. The van der Waals surface area contributed by atoms with E-state index < -0.39 is 0 Å². The molecule has 0 spiro atoms. The lowest BCUT2D eigenvalue weighted by molar-refractivity contribution is -0.119. The summed E-state index contributed by atoms with van der Waals surface area (Å²) in [6, 6.07) is -0.0853. The van der Waals surface area contributed by atoms with Crippen molar-refractivity contribution < 1.29 is 9.59 Å². The molecule has 0 aliphatic carbocycles. The fourth-order valence-electron chi connectivity index (χ4n) is 1.00.